The number of nitrogens with zero attached hydrogens (tertiary/aromatic N) is 3. The van der Waals surface area contributed by atoms with Crippen LogP contribution in [0.4, 0.5) is 11.6 Å². The minimum Gasteiger partial charge on any atom is -0.370 e. The fraction of sp³-hybridized carbons (Fsp3) is 0.733. The number of rotatable bonds is 7. The Morgan fingerprint density at radius 1 is 1.20 bits per heavy atom. The molecule has 1 aliphatic heterocycles. The molecule has 1 aromatic rings. The van der Waals surface area contributed by atoms with E-state index in [4.69, 9.17) is 0 Å². The number of hydrogen-bond acceptors (Lipinski definition) is 5. The van der Waals surface area contributed by atoms with Gasteiger partial charge in [0.25, 0.3) is 0 Å². The van der Waals surface area contributed by atoms with E-state index in [-0.39, 0.29) is 0 Å². The summed E-state index contributed by atoms with van der Waals surface area (Å²) in [7, 11) is 0. The molecule has 1 saturated heterocycles. The molecule has 5 heteroatoms. The first kappa shape index (κ1) is 15.0. The van der Waals surface area contributed by atoms with Gasteiger partial charge in [-0.05, 0) is 32.9 Å². The zero-order valence-corrected chi connectivity index (χ0v) is 12.9. The smallest absolute Gasteiger partial charge is 0.132 e. The van der Waals surface area contributed by atoms with E-state index in [1.165, 1.54) is 19.4 Å². The van der Waals surface area contributed by atoms with Crippen LogP contribution in [0.3, 0.4) is 0 Å². The number of anilines is 2. The monoisotopic (exact) mass is 277 g/mol. The highest BCUT2D eigenvalue weighted by Crippen LogP contribution is 2.18. The summed E-state index contributed by atoms with van der Waals surface area (Å²) in [6.07, 6.45) is 3.46. The Kier molecular flexibility index (Phi) is 5.59. The number of likely N-dealkylation sites (tertiary alicyclic amines) is 1. The van der Waals surface area contributed by atoms with E-state index in [0.717, 1.165) is 43.5 Å². The van der Waals surface area contributed by atoms with Crippen molar-refractivity contribution in [2.24, 2.45) is 0 Å². The van der Waals surface area contributed by atoms with Crippen molar-refractivity contribution in [3.05, 3.63) is 11.9 Å². The third kappa shape index (κ3) is 3.82. The van der Waals surface area contributed by atoms with Crippen LogP contribution in [0.25, 0.3) is 0 Å². The molecule has 2 heterocycles. The topological polar surface area (TPSA) is 53.1 Å². The molecule has 0 saturated carbocycles. The second-order valence-electron chi connectivity index (χ2n) is 5.24. The average Bonchev–Trinajstić information content (AvgIpc) is 2.92. The summed E-state index contributed by atoms with van der Waals surface area (Å²) in [6.45, 7) is 10.6. The quantitative estimate of drug-likeness (QED) is 0.801. The lowest BCUT2D eigenvalue weighted by Gasteiger charge is -2.23. The molecule has 1 aliphatic rings. The van der Waals surface area contributed by atoms with Crippen LogP contribution in [0, 0.1) is 0 Å². The first-order valence-electron chi connectivity index (χ1n) is 7.86. The molecular formula is C15H27N5. The van der Waals surface area contributed by atoms with Crippen LogP contribution in [0.5, 0.6) is 0 Å². The Labute approximate surface area is 122 Å². The highest BCUT2D eigenvalue weighted by Gasteiger charge is 2.22. The van der Waals surface area contributed by atoms with Crippen molar-refractivity contribution in [2.45, 2.75) is 46.1 Å². The number of nitrogens with one attached hydrogen (secondary N) is 2. The minimum atomic E-state index is 0.641. The molecule has 0 aliphatic carbocycles. The molecule has 0 aromatic carbocycles. The molecule has 1 atom stereocenters. The third-order valence-electron chi connectivity index (χ3n) is 3.87. The lowest BCUT2D eigenvalue weighted by atomic mass is 10.2. The Morgan fingerprint density at radius 3 is 2.60 bits per heavy atom. The van der Waals surface area contributed by atoms with Gasteiger partial charge < -0.3 is 10.6 Å². The first-order valence-corrected chi connectivity index (χ1v) is 7.86. The van der Waals surface area contributed by atoms with Crippen LogP contribution in [0.1, 0.15) is 39.4 Å². The summed E-state index contributed by atoms with van der Waals surface area (Å²) >= 11 is 0. The van der Waals surface area contributed by atoms with Crippen LogP contribution in [0.15, 0.2) is 6.07 Å². The van der Waals surface area contributed by atoms with Crippen molar-refractivity contribution in [3.8, 4) is 0 Å². The second-order valence-corrected chi connectivity index (χ2v) is 5.24. The summed E-state index contributed by atoms with van der Waals surface area (Å²) in [5.41, 5.74) is 0. The fourth-order valence-electron chi connectivity index (χ4n) is 2.78. The third-order valence-corrected chi connectivity index (χ3v) is 3.87. The van der Waals surface area contributed by atoms with Crippen molar-refractivity contribution in [1.82, 2.24) is 14.9 Å². The average molecular weight is 277 g/mol. The summed E-state index contributed by atoms with van der Waals surface area (Å²) in [4.78, 5) is 11.6. The van der Waals surface area contributed by atoms with Crippen molar-refractivity contribution in [3.63, 3.8) is 0 Å². The predicted octanol–water partition coefficient (Wildman–Crippen LogP) is 2.37. The highest BCUT2D eigenvalue weighted by molar-refractivity contribution is 5.47. The molecule has 20 heavy (non-hydrogen) atoms. The number of hydrogen-bond donors (Lipinski definition) is 2. The van der Waals surface area contributed by atoms with Crippen LogP contribution in [-0.2, 0) is 6.42 Å². The van der Waals surface area contributed by atoms with E-state index in [9.17, 15) is 0 Å². The molecule has 0 bridgehead atoms. The minimum absolute atomic E-state index is 0.641. The molecule has 2 N–H and O–H groups in total. The Hall–Kier alpha value is -1.36. The van der Waals surface area contributed by atoms with Gasteiger partial charge in [0.1, 0.15) is 17.5 Å². The van der Waals surface area contributed by atoms with E-state index in [1.54, 1.807) is 0 Å². The maximum absolute atomic E-state index is 4.57. The molecule has 0 radical (unpaired) electrons. The molecule has 112 valence electrons. The van der Waals surface area contributed by atoms with Crippen LogP contribution in [0.2, 0.25) is 0 Å². The maximum Gasteiger partial charge on any atom is 0.132 e. The van der Waals surface area contributed by atoms with E-state index in [1.807, 2.05) is 6.07 Å². The molecular weight excluding hydrogens is 250 g/mol. The summed E-state index contributed by atoms with van der Waals surface area (Å²) < 4.78 is 0. The Balaban J connectivity index is 1.99. The van der Waals surface area contributed by atoms with Gasteiger partial charge in [-0.1, -0.05) is 13.8 Å². The van der Waals surface area contributed by atoms with Gasteiger partial charge in [-0.3, -0.25) is 4.90 Å². The molecule has 2 rings (SSSR count). The summed E-state index contributed by atoms with van der Waals surface area (Å²) in [6, 6.07) is 2.65. The second kappa shape index (κ2) is 7.43. The number of aromatic nitrogens is 2. The lowest BCUT2D eigenvalue weighted by Crippen LogP contribution is -2.34. The van der Waals surface area contributed by atoms with E-state index >= 15 is 0 Å². The van der Waals surface area contributed by atoms with Crippen molar-refractivity contribution >= 4 is 11.6 Å². The van der Waals surface area contributed by atoms with Crippen molar-refractivity contribution < 1.29 is 0 Å². The maximum atomic E-state index is 4.57. The molecule has 5 nitrogen and oxygen atoms in total. The molecule has 1 unspecified atom stereocenters. The zero-order valence-electron chi connectivity index (χ0n) is 12.9. The van der Waals surface area contributed by atoms with Gasteiger partial charge >= 0.3 is 0 Å². The summed E-state index contributed by atoms with van der Waals surface area (Å²) in [5, 5.41) is 6.76. The normalized spacial score (nSPS) is 19.2. The van der Waals surface area contributed by atoms with E-state index in [0.29, 0.717) is 6.04 Å². The molecule has 1 aromatic heterocycles. The predicted molar refractivity (Wildman–Crippen MR) is 84.3 cm³/mol. The van der Waals surface area contributed by atoms with Crippen molar-refractivity contribution in [2.75, 3.05) is 36.8 Å². The number of aryl methyl sites for hydroxylation is 1. The molecule has 0 spiro atoms. The largest absolute Gasteiger partial charge is 0.370 e. The molecule has 1 fully saturated rings. The van der Waals surface area contributed by atoms with Gasteiger partial charge in [-0.2, -0.15) is 0 Å². The van der Waals surface area contributed by atoms with E-state index < -0.39 is 0 Å². The van der Waals surface area contributed by atoms with Crippen LogP contribution < -0.4 is 10.6 Å². The van der Waals surface area contributed by atoms with Gasteiger partial charge in [-0.25, -0.2) is 9.97 Å². The fourth-order valence-corrected chi connectivity index (χ4v) is 2.78. The van der Waals surface area contributed by atoms with Gasteiger partial charge in [0.15, 0.2) is 0 Å². The Bertz CT molecular complexity index is 421. The van der Waals surface area contributed by atoms with Crippen LogP contribution in [-0.4, -0.2) is 47.1 Å². The van der Waals surface area contributed by atoms with E-state index in [2.05, 4.69) is 46.3 Å². The summed E-state index contributed by atoms with van der Waals surface area (Å²) in [5.74, 6) is 2.75. The van der Waals surface area contributed by atoms with Gasteiger partial charge in [0, 0.05) is 31.6 Å². The van der Waals surface area contributed by atoms with Gasteiger partial charge in [-0.15, -0.1) is 0 Å². The van der Waals surface area contributed by atoms with Crippen LogP contribution >= 0.6 is 0 Å². The Morgan fingerprint density at radius 2 is 1.95 bits per heavy atom. The van der Waals surface area contributed by atoms with Gasteiger partial charge in [0.05, 0.1) is 0 Å². The molecule has 0 amide bonds. The van der Waals surface area contributed by atoms with Crippen molar-refractivity contribution in [1.29, 1.82) is 0 Å². The zero-order chi connectivity index (χ0) is 14.4. The number of likely N-dealkylation sites (N-methyl/N-ethyl adjacent to an activating group) is 1. The van der Waals surface area contributed by atoms with Gasteiger partial charge in [0.2, 0.25) is 0 Å². The standard InChI is InChI=1S/C15H27N5/c1-4-13-18-14(16-5-2)10-15(19-13)17-11-12-8-7-9-20(12)6-3/h10,12H,4-9,11H2,1-3H3,(H2,16,17,18,19). The highest BCUT2D eigenvalue weighted by atomic mass is 15.2. The first-order chi connectivity index (χ1) is 9.76. The SMILES string of the molecule is CCNc1cc(NCC2CCCN2CC)nc(CC)n1. The lowest BCUT2D eigenvalue weighted by molar-refractivity contribution is 0.277.